The molecule has 0 aromatic heterocycles. The van der Waals surface area contributed by atoms with E-state index >= 15 is 0 Å². The van der Waals surface area contributed by atoms with E-state index in [1.807, 2.05) is 0 Å². The van der Waals surface area contributed by atoms with Gasteiger partial charge >= 0.3 is 5.97 Å². The van der Waals surface area contributed by atoms with Crippen molar-refractivity contribution in [2.75, 3.05) is 26.3 Å². The molecular formula is C16H26N2O4. The first-order valence-corrected chi connectivity index (χ1v) is 7.61. The number of nitrogens with zero attached hydrogens (tertiary/aromatic N) is 2. The lowest BCUT2D eigenvalue weighted by Gasteiger charge is -2.18. The second-order valence-corrected chi connectivity index (χ2v) is 4.93. The van der Waals surface area contributed by atoms with Crippen LogP contribution in [0.25, 0.3) is 0 Å². The molecule has 0 heterocycles. The van der Waals surface area contributed by atoms with Gasteiger partial charge in [-0.3, -0.25) is 0 Å². The van der Waals surface area contributed by atoms with Crippen LogP contribution in [0.15, 0.2) is 23.4 Å². The molecule has 124 valence electrons. The predicted octanol–water partition coefficient (Wildman–Crippen LogP) is 1.66. The topological polar surface area (TPSA) is 105 Å². The van der Waals surface area contributed by atoms with Crippen molar-refractivity contribution in [3.8, 4) is 6.07 Å². The molecule has 6 heteroatoms. The molecule has 0 atom stereocenters. The minimum Gasteiger partial charge on any atom is -0.477 e. The SMILES string of the molecule is CCCCCCC(C=CN(CCO)CCO)=C(C#N)C(=O)O. The fraction of sp³-hybridized carbons (Fsp3) is 0.625. The molecule has 0 aromatic carbocycles. The third-order valence-electron chi connectivity index (χ3n) is 3.21. The van der Waals surface area contributed by atoms with E-state index in [4.69, 9.17) is 20.6 Å². The second-order valence-electron chi connectivity index (χ2n) is 4.93. The van der Waals surface area contributed by atoms with Crippen molar-refractivity contribution in [2.24, 2.45) is 0 Å². The Morgan fingerprint density at radius 3 is 2.27 bits per heavy atom. The number of hydrogen-bond acceptors (Lipinski definition) is 5. The van der Waals surface area contributed by atoms with Gasteiger partial charge in [-0.25, -0.2) is 4.79 Å². The highest BCUT2D eigenvalue weighted by molar-refractivity contribution is 5.92. The summed E-state index contributed by atoms with van der Waals surface area (Å²) in [4.78, 5) is 12.8. The molecule has 22 heavy (non-hydrogen) atoms. The van der Waals surface area contributed by atoms with Crippen molar-refractivity contribution in [3.63, 3.8) is 0 Å². The number of aliphatic carboxylic acids is 1. The van der Waals surface area contributed by atoms with Crippen molar-refractivity contribution < 1.29 is 20.1 Å². The Balaban J connectivity index is 5.06. The second kappa shape index (κ2) is 12.9. The fourth-order valence-corrected chi connectivity index (χ4v) is 2.00. The van der Waals surface area contributed by atoms with Crippen molar-refractivity contribution in [1.82, 2.24) is 4.90 Å². The molecule has 0 rings (SSSR count). The van der Waals surface area contributed by atoms with Crippen LogP contribution in [0, 0.1) is 11.3 Å². The van der Waals surface area contributed by atoms with Crippen molar-refractivity contribution in [2.45, 2.75) is 39.0 Å². The summed E-state index contributed by atoms with van der Waals surface area (Å²) in [5.74, 6) is -1.23. The van der Waals surface area contributed by atoms with Gasteiger partial charge in [0.05, 0.1) is 13.2 Å². The molecule has 0 bridgehead atoms. The van der Waals surface area contributed by atoms with Crippen LogP contribution in [-0.2, 0) is 4.79 Å². The van der Waals surface area contributed by atoms with E-state index in [0.29, 0.717) is 25.1 Å². The molecule has 0 aliphatic rings. The van der Waals surface area contributed by atoms with E-state index in [1.54, 1.807) is 23.2 Å². The minimum absolute atomic E-state index is 0.0656. The molecule has 0 radical (unpaired) electrons. The molecule has 0 saturated carbocycles. The lowest BCUT2D eigenvalue weighted by atomic mass is 10.0. The van der Waals surface area contributed by atoms with Crippen LogP contribution in [0.4, 0.5) is 0 Å². The Hall–Kier alpha value is -1.84. The lowest BCUT2D eigenvalue weighted by Crippen LogP contribution is -2.24. The summed E-state index contributed by atoms with van der Waals surface area (Å²) in [5, 5.41) is 36.0. The summed E-state index contributed by atoms with van der Waals surface area (Å²) in [5.41, 5.74) is 0.229. The number of hydrogen-bond donors (Lipinski definition) is 3. The van der Waals surface area contributed by atoms with E-state index in [-0.39, 0.29) is 18.8 Å². The fourth-order valence-electron chi connectivity index (χ4n) is 2.00. The van der Waals surface area contributed by atoms with E-state index in [0.717, 1.165) is 25.7 Å². The maximum absolute atomic E-state index is 11.1. The van der Waals surface area contributed by atoms with Gasteiger partial charge in [0.15, 0.2) is 0 Å². The maximum Gasteiger partial charge on any atom is 0.346 e. The Labute approximate surface area is 132 Å². The van der Waals surface area contributed by atoms with Crippen LogP contribution >= 0.6 is 0 Å². The standard InChI is InChI=1S/C16H26N2O4/c1-2-3-4-5-6-14(15(13-17)16(21)22)7-8-18(9-11-19)10-12-20/h7-8,19-20H,2-6,9-12H2,1H3,(H,21,22). The van der Waals surface area contributed by atoms with Crippen LogP contribution < -0.4 is 0 Å². The van der Waals surface area contributed by atoms with Gasteiger partial charge in [0.1, 0.15) is 11.6 Å². The first-order chi connectivity index (χ1) is 10.6. The van der Waals surface area contributed by atoms with Crippen LogP contribution in [0.3, 0.4) is 0 Å². The lowest BCUT2D eigenvalue weighted by molar-refractivity contribution is -0.132. The maximum atomic E-state index is 11.1. The third kappa shape index (κ3) is 8.45. The molecule has 0 fully saturated rings. The molecule has 0 aromatic rings. The highest BCUT2D eigenvalue weighted by Gasteiger charge is 2.12. The largest absolute Gasteiger partial charge is 0.477 e. The van der Waals surface area contributed by atoms with Gasteiger partial charge in [-0.1, -0.05) is 26.2 Å². The van der Waals surface area contributed by atoms with Crippen molar-refractivity contribution in [1.29, 1.82) is 5.26 Å². The number of nitriles is 1. The first kappa shape index (κ1) is 20.2. The third-order valence-corrected chi connectivity index (χ3v) is 3.21. The molecule has 6 nitrogen and oxygen atoms in total. The number of unbranched alkanes of at least 4 members (excludes halogenated alkanes) is 3. The van der Waals surface area contributed by atoms with E-state index in [2.05, 4.69) is 6.92 Å². The average molecular weight is 310 g/mol. The zero-order valence-electron chi connectivity index (χ0n) is 13.2. The van der Waals surface area contributed by atoms with Crippen molar-refractivity contribution >= 4 is 5.97 Å². The Morgan fingerprint density at radius 1 is 1.18 bits per heavy atom. The molecule has 0 saturated heterocycles. The highest BCUT2D eigenvalue weighted by Crippen LogP contribution is 2.16. The summed E-state index contributed by atoms with van der Waals surface area (Å²) in [6, 6.07) is 1.74. The molecule has 0 spiro atoms. The molecule has 0 aliphatic carbocycles. The van der Waals surface area contributed by atoms with Gasteiger partial charge in [-0.05, 0) is 30.7 Å². The number of carboxylic acids is 1. The van der Waals surface area contributed by atoms with E-state index < -0.39 is 5.97 Å². The summed E-state index contributed by atoms with van der Waals surface area (Å²) in [6.07, 6.45) is 7.73. The Kier molecular flexibility index (Phi) is 11.8. The quantitative estimate of drug-likeness (QED) is 0.219. The summed E-state index contributed by atoms with van der Waals surface area (Å²) < 4.78 is 0. The zero-order chi connectivity index (χ0) is 16.8. The first-order valence-electron chi connectivity index (χ1n) is 7.61. The number of aliphatic hydroxyl groups excluding tert-OH is 2. The normalized spacial score (nSPS) is 12.1. The highest BCUT2D eigenvalue weighted by atomic mass is 16.4. The molecule has 3 N–H and O–H groups in total. The number of rotatable bonds is 12. The van der Waals surface area contributed by atoms with Crippen LogP contribution in [-0.4, -0.2) is 52.5 Å². The summed E-state index contributed by atoms with van der Waals surface area (Å²) in [7, 11) is 0. The number of allylic oxidation sites excluding steroid dienone is 2. The molecular weight excluding hydrogens is 284 g/mol. The monoisotopic (exact) mass is 310 g/mol. The van der Waals surface area contributed by atoms with Gasteiger partial charge in [0.25, 0.3) is 0 Å². The molecule has 0 amide bonds. The minimum atomic E-state index is -1.23. The van der Waals surface area contributed by atoms with Crippen LogP contribution in [0.5, 0.6) is 0 Å². The van der Waals surface area contributed by atoms with Gasteiger partial charge in [0, 0.05) is 13.1 Å². The smallest absolute Gasteiger partial charge is 0.346 e. The molecule has 0 unspecified atom stereocenters. The van der Waals surface area contributed by atoms with Crippen LogP contribution in [0.2, 0.25) is 0 Å². The summed E-state index contributed by atoms with van der Waals surface area (Å²) in [6.45, 7) is 2.65. The van der Waals surface area contributed by atoms with Gasteiger partial charge in [-0.2, -0.15) is 5.26 Å². The average Bonchev–Trinajstić information content (AvgIpc) is 2.48. The molecule has 0 aliphatic heterocycles. The summed E-state index contributed by atoms with van der Waals surface area (Å²) >= 11 is 0. The Morgan fingerprint density at radius 2 is 1.82 bits per heavy atom. The number of carboxylic acid groups (broad SMARTS) is 1. The van der Waals surface area contributed by atoms with Gasteiger partial charge < -0.3 is 20.2 Å². The zero-order valence-corrected chi connectivity index (χ0v) is 13.2. The predicted molar refractivity (Wildman–Crippen MR) is 83.9 cm³/mol. The van der Waals surface area contributed by atoms with E-state index in [1.165, 1.54) is 0 Å². The van der Waals surface area contributed by atoms with Crippen molar-refractivity contribution in [3.05, 3.63) is 23.4 Å². The number of carbonyl (C=O) groups is 1. The van der Waals surface area contributed by atoms with E-state index in [9.17, 15) is 4.79 Å². The van der Waals surface area contributed by atoms with Gasteiger partial charge in [0.2, 0.25) is 0 Å². The number of aliphatic hydroxyl groups is 2. The van der Waals surface area contributed by atoms with Gasteiger partial charge in [-0.15, -0.1) is 0 Å². The van der Waals surface area contributed by atoms with Crippen LogP contribution in [0.1, 0.15) is 39.0 Å². The Bertz CT molecular complexity index is 418.